The fourth-order valence-electron chi connectivity index (χ4n) is 7.85. The van der Waals surface area contributed by atoms with E-state index < -0.39 is 17.5 Å². The molecule has 1 spiro atoms. The quantitative estimate of drug-likeness (QED) is 0.699. The molecule has 5 rings (SSSR count). The highest BCUT2D eigenvalue weighted by atomic mass is 19.4. The van der Waals surface area contributed by atoms with Gasteiger partial charge in [-0.15, -0.1) is 0 Å². The summed E-state index contributed by atoms with van der Waals surface area (Å²) in [6.45, 7) is 2.22. The lowest BCUT2D eigenvalue weighted by Gasteiger charge is -2.56. The minimum Gasteiger partial charge on any atom is -0.393 e. The topological polar surface area (TPSA) is 37.3 Å². The van der Waals surface area contributed by atoms with Gasteiger partial charge in [-0.25, -0.2) is 0 Å². The molecule has 1 N–H and O–H groups in total. The molecule has 0 aromatic carbocycles. The van der Waals surface area contributed by atoms with Gasteiger partial charge in [-0.1, -0.05) is 12.5 Å². The molecule has 0 saturated heterocycles. The monoisotopic (exact) mass is 354 g/mol. The number of hydrogen-bond donors (Lipinski definition) is 1. The molecular weight excluding hydrogens is 329 g/mol. The fourth-order valence-corrected chi connectivity index (χ4v) is 7.85. The molecule has 0 heterocycles. The Kier molecular flexibility index (Phi) is 3.08. The number of ketones is 1. The Morgan fingerprint density at radius 3 is 2.64 bits per heavy atom. The molecule has 5 aliphatic rings. The summed E-state index contributed by atoms with van der Waals surface area (Å²) in [4.78, 5) is 12.0. The number of fused-ring (bicyclic) bond motifs is 3. The SMILES string of the molecule is C[C@]12CC[C@H]3[C@@H](CCC4=C(C(F)(F)F)C(=O)CC[C@@H]43)[C@@]13C[C@H]3C[C@@H]2O. The van der Waals surface area contributed by atoms with Crippen molar-refractivity contribution in [1.82, 2.24) is 0 Å². The van der Waals surface area contributed by atoms with Crippen LogP contribution in [0.25, 0.3) is 0 Å². The molecule has 4 fully saturated rings. The van der Waals surface area contributed by atoms with Crippen LogP contribution in [-0.4, -0.2) is 23.2 Å². The molecular formula is C20H25F3O2. The van der Waals surface area contributed by atoms with Crippen molar-refractivity contribution in [3.63, 3.8) is 0 Å². The molecule has 2 nitrogen and oxygen atoms in total. The van der Waals surface area contributed by atoms with Gasteiger partial charge in [-0.2, -0.15) is 13.2 Å². The van der Waals surface area contributed by atoms with Crippen molar-refractivity contribution in [3.8, 4) is 0 Å². The summed E-state index contributed by atoms with van der Waals surface area (Å²) in [5.74, 6) is 0.517. The third-order valence-corrected chi connectivity index (χ3v) is 8.89. The summed E-state index contributed by atoms with van der Waals surface area (Å²) < 4.78 is 40.5. The van der Waals surface area contributed by atoms with E-state index >= 15 is 0 Å². The first kappa shape index (κ1) is 16.3. The third-order valence-electron chi connectivity index (χ3n) is 8.89. The van der Waals surface area contributed by atoms with Crippen LogP contribution < -0.4 is 0 Å². The summed E-state index contributed by atoms with van der Waals surface area (Å²) in [6, 6.07) is 0. The summed E-state index contributed by atoms with van der Waals surface area (Å²) in [6.07, 6.45) is 0.920. The van der Waals surface area contributed by atoms with E-state index in [4.69, 9.17) is 0 Å². The third kappa shape index (κ3) is 1.84. The van der Waals surface area contributed by atoms with Crippen LogP contribution in [0.15, 0.2) is 11.1 Å². The van der Waals surface area contributed by atoms with Gasteiger partial charge in [-0.3, -0.25) is 4.79 Å². The van der Waals surface area contributed by atoms with E-state index in [1.807, 2.05) is 0 Å². The molecule has 0 unspecified atom stereocenters. The van der Waals surface area contributed by atoms with Gasteiger partial charge in [0.25, 0.3) is 0 Å². The Labute approximate surface area is 145 Å². The lowest BCUT2D eigenvalue weighted by atomic mass is 9.49. The van der Waals surface area contributed by atoms with Crippen LogP contribution in [0.3, 0.4) is 0 Å². The average molecular weight is 354 g/mol. The van der Waals surface area contributed by atoms with Gasteiger partial charge >= 0.3 is 6.18 Å². The van der Waals surface area contributed by atoms with Gasteiger partial charge in [0.15, 0.2) is 5.78 Å². The van der Waals surface area contributed by atoms with Crippen molar-refractivity contribution in [2.45, 2.75) is 70.6 Å². The number of halogens is 3. The summed E-state index contributed by atoms with van der Waals surface area (Å²) in [7, 11) is 0. The van der Waals surface area contributed by atoms with Gasteiger partial charge in [0.1, 0.15) is 0 Å². The standard InChI is InChI=1S/C20H25F3O2/c1-18-7-6-12-11-3-5-15(24)17(20(21,22)23)13(11)2-4-14(12)19(18)9-10(19)8-16(18)25/h10-12,14,16,25H,2-9H2,1H3/t10-,11-,12-,14-,16+,18-,19+/m1/s1. The van der Waals surface area contributed by atoms with Crippen LogP contribution in [0.5, 0.6) is 0 Å². The maximum atomic E-state index is 13.5. The number of carbonyl (C=O) groups is 1. The molecule has 0 amide bonds. The normalized spacial score (nSPS) is 51.6. The number of allylic oxidation sites excluding steroid dienone is 1. The molecule has 0 radical (unpaired) electrons. The molecule has 25 heavy (non-hydrogen) atoms. The Hall–Kier alpha value is -0.840. The highest BCUT2D eigenvalue weighted by Gasteiger charge is 2.77. The number of carbonyl (C=O) groups excluding carboxylic acids is 1. The molecule has 138 valence electrons. The Bertz CT molecular complexity index is 681. The summed E-state index contributed by atoms with van der Waals surface area (Å²) >= 11 is 0. The van der Waals surface area contributed by atoms with Crippen molar-refractivity contribution in [2.75, 3.05) is 0 Å². The van der Waals surface area contributed by atoms with E-state index in [9.17, 15) is 23.1 Å². The van der Waals surface area contributed by atoms with Crippen LogP contribution in [0.1, 0.15) is 58.3 Å². The van der Waals surface area contributed by atoms with Gasteiger partial charge in [0, 0.05) is 6.42 Å². The highest BCUT2D eigenvalue weighted by Crippen LogP contribution is 2.81. The summed E-state index contributed by atoms with van der Waals surface area (Å²) in [5.41, 5.74) is -0.273. The maximum Gasteiger partial charge on any atom is 0.419 e. The largest absolute Gasteiger partial charge is 0.419 e. The van der Waals surface area contributed by atoms with Gasteiger partial charge in [-0.05, 0) is 79.4 Å². The zero-order chi connectivity index (χ0) is 17.8. The predicted octanol–water partition coefficient (Wildman–Crippen LogP) is 4.42. The first-order chi connectivity index (χ1) is 11.7. The second-order valence-corrected chi connectivity index (χ2v) is 9.42. The van der Waals surface area contributed by atoms with E-state index in [2.05, 4.69) is 6.92 Å². The molecule has 0 aromatic rings. The predicted molar refractivity (Wildman–Crippen MR) is 85.5 cm³/mol. The van der Waals surface area contributed by atoms with E-state index in [0.29, 0.717) is 30.3 Å². The van der Waals surface area contributed by atoms with Crippen LogP contribution in [0.2, 0.25) is 0 Å². The number of aliphatic hydroxyl groups excluding tert-OH is 1. The van der Waals surface area contributed by atoms with Crippen molar-refractivity contribution in [2.24, 2.45) is 34.5 Å². The molecule has 7 atom stereocenters. The highest BCUT2D eigenvalue weighted by molar-refractivity contribution is 5.98. The van der Waals surface area contributed by atoms with Gasteiger partial charge < -0.3 is 5.11 Å². The molecule has 0 bridgehead atoms. The van der Waals surface area contributed by atoms with Crippen LogP contribution in [0, 0.1) is 34.5 Å². The molecule has 0 aliphatic heterocycles. The minimum absolute atomic E-state index is 0.0442. The van der Waals surface area contributed by atoms with Crippen molar-refractivity contribution in [1.29, 1.82) is 0 Å². The Morgan fingerprint density at radius 1 is 1.16 bits per heavy atom. The van der Waals surface area contributed by atoms with Gasteiger partial charge in [0.05, 0.1) is 11.7 Å². The number of rotatable bonds is 0. The van der Waals surface area contributed by atoms with Gasteiger partial charge in [0.2, 0.25) is 0 Å². The van der Waals surface area contributed by atoms with Crippen molar-refractivity contribution in [3.05, 3.63) is 11.1 Å². The van der Waals surface area contributed by atoms with E-state index in [-0.39, 0.29) is 35.2 Å². The van der Waals surface area contributed by atoms with Crippen molar-refractivity contribution >= 4 is 5.78 Å². The zero-order valence-corrected chi connectivity index (χ0v) is 14.5. The molecule has 0 aromatic heterocycles. The van der Waals surface area contributed by atoms with Crippen LogP contribution in [-0.2, 0) is 4.79 Å². The first-order valence-corrected chi connectivity index (χ1v) is 9.71. The fraction of sp³-hybridized carbons (Fsp3) is 0.850. The van der Waals surface area contributed by atoms with Crippen LogP contribution >= 0.6 is 0 Å². The smallest absolute Gasteiger partial charge is 0.393 e. The molecule has 4 saturated carbocycles. The Morgan fingerprint density at radius 2 is 1.92 bits per heavy atom. The molecule has 5 heteroatoms. The van der Waals surface area contributed by atoms with E-state index in [1.54, 1.807) is 0 Å². The number of hydrogen-bond acceptors (Lipinski definition) is 2. The molecule has 5 aliphatic carbocycles. The summed E-state index contributed by atoms with van der Waals surface area (Å²) in [5, 5.41) is 10.6. The zero-order valence-electron chi connectivity index (χ0n) is 14.5. The number of aliphatic hydroxyl groups is 1. The minimum atomic E-state index is -4.51. The van der Waals surface area contributed by atoms with Crippen LogP contribution in [0.4, 0.5) is 13.2 Å². The second-order valence-electron chi connectivity index (χ2n) is 9.42. The second kappa shape index (κ2) is 4.71. The first-order valence-electron chi connectivity index (χ1n) is 9.71. The number of Topliss-reactive ketones (excluding diaryl/α,β-unsaturated/α-hetero) is 1. The number of alkyl halides is 3. The maximum absolute atomic E-state index is 13.5. The van der Waals surface area contributed by atoms with Crippen molar-refractivity contribution < 1.29 is 23.1 Å². The average Bonchev–Trinajstić information content (AvgIpc) is 3.18. The lowest BCUT2D eigenvalue weighted by Crippen LogP contribution is -2.51. The van der Waals surface area contributed by atoms with E-state index in [0.717, 1.165) is 32.1 Å². The Balaban J connectivity index is 1.54. The lowest BCUT2D eigenvalue weighted by molar-refractivity contribution is -0.133. The van der Waals surface area contributed by atoms with E-state index in [1.165, 1.54) is 0 Å².